The molecule has 6 heteroatoms. The smallest absolute Gasteiger partial charge is 0.191 e. The van der Waals surface area contributed by atoms with E-state index in [0.717, 1.165) is 39.1 Å². The molecule has 0 bridgehead atoms. The molecule has 0 saturated heterocycles. The largest absolute Gasteiger partial charge is 0.489 e. The molecule has 5 rings (SSSR count). The van der Waals surface area contributed by atoms with Gasteiger partial charge in [0.25, 0.3) is 0 Å². The van der Waals surface area contributed by atoms with Crippen molar-refractivity contribution in [3.05, 3.63) is 90.0 Å². The number of anilines is 1. The van der Waals surface area contributed by atoms with Gasteiger partial charge in [-0.15, -0.1) is 10.2 Å². The van der Waals surface area contributed by atoms with Gasteiger partial charge in [-0.05, 0) is 55.8 Å². The summed E-state index contributed by atoms with van der Waals surface area (Å²) in [7, 11) is 0. The Kier molecular flexibility index (Phi) is 4.17. The fraction of sp³-hybridized carbons (Fsp3) is 0.130. The highest BCUT2D eigenvalue weighted by atomic mass is 16.5. The predicted molar refractivity (Wildman–Crippen MR) is 114 cm³/mol. The van der Waals surface area contributed by atoms with Gasteiger partial charge in [-0.25, -0.2) is 0 Å². The van der Waals surface area contributed by atoms with Crippen molar-refractivity contribution in [2.24, 2.45) is 0 Å². The number of aromatic nitrogens is 4. The van der Waals surface area contributed by atoms with E-state index in [1.54, 1.807) is 6.33 Å². The fourth-order valence-corrected chi connectivity index (χ4v) is 3.57. The Balaban J connectivity index is 1.49. The molecule has 6 nitrogen and oxygen atoms in total. The summed E-state index contributed by atoms with van der Waals surface area (Å²) < 4.78 is 10.0. The number of hydrogen-bond acceptors (Lipinski definition) is 4. The van der Waals surface area contributed by atoms with Crippen LogP contribution < -0.4 is 10.2 Å². The van der Waals surface area contributed by atoms with Crippen LogP contribution in [0.25, 0.3) is 16.4 Å². The van der Waals surface area contributed by atoms with Crippen molar-refractivity contribution < 1.29 is 4.74 Å². The first-order valence-corrected chi connectivity index (χ1v) is 9.54. The third kappa shape index (κ3) is 3.18. The monoisotopic (exact) mass is 383 g/mol. The Hall–Kier alpha value is -3.80. The zero-order valence-corrected chi connectivity index (χ0v) is 16.3. The Morgan fingerprint density at radius 3 is 2.48 bits per heavy atom. The highest BCUT2D eigenvalue weighted by molar-refractivity contribution is 5.91. The maximum Gasteiger partial charge on any atom is 0.191 e. The van der Waals surface area contributed by atoms with E-state index in [1.807, 2.05) is 33.3 Å². The molecule has 0 radical (unpaired) electrons. The second kappa shape index (κ2) is 6.98. The lowest BCUT2D eigenvalue weighted by Crippen LogP contribution is -2.14. The SMILES string of the molecule is Cc1ccc(C)n1Nc1nncn2c1cc1cc(OCc3ccccc3)ccc12. The van der Waals surface area contributed by atoms with Crippen molar-refractivity contribution in [1.82, 2.24) is 19.3 Å². The van der Waals surface area contributed by atoms with Crippen LogP contribution in [0.3, 0.4) is 0 Å². The number of ether oxygens (including phenoxy) is 1. The summed E-state index contributed by atoms with van der Waals surface area (Å²) in [5, 5.41) is 9.58. The Bertz CT molecular complexity index is 1280. The first kappa shape index (κ1) is 17.3. The summed E-state index contributed by atoms with van der Waals surface area (Å²) in [6.45, 7) is 4.65. The van der Waals surface area contributed by atoms with Crippen LogP contribution in [0.15, 0.2) is 73.1 Å². The van der Waals surface area contributed by atoms with Crippen LogP contribution in [0.2, 0.25) is 0 Å². The lowest BCUT2D eigenvalue weighted by atomic mass is 10.2. The lowest BCUT2D eigenvalue weighted by Gasteiger charge is -2.12. The van der Waals surface area contributed by atoms with Crippen molar-refractivity contribution in [2.75, 3.05) is 5.43 Å². The average Bonchev–Trinajstić information content (AvgIpc) is 3.28. The first-order valence-electron chi connectivity index (χ1n) is 9.54. The van der Waals surface area contributed by atoms with Crippen molar-refractivity contribution in [3.8, 4) is 5.75 Å². The number of benzene rings is 2. The molecule has 0 aliphatic heterocycles. The molecular weight excluding hydrogens is 362 g/mol. The number of nitrogens with zero attached hydrogens (tertiary/aromatic N) is 4. The Morgan fingerprint density at radius 1 is 0.897 bits per heavy atom. The summed E-state index contributed by atoms with van der Waals surface area (Å²) in [5.74, 6) is 1.54. The van der Waals surface area contributed by atoms with E-state index < -0.39 is 0 Å². The molecule has 3 aromatic heterocycles. The fourth-order valence-electron chi connectivity index (χ4n) is 3.57. The molecule has 2 aromatic carbocycles. The van der Waals surface area contributed by atoms with Crippen LogP contribution >= 0.6 is 0 Å². The van der Waals surface area contributed by atoms with Crippen LogP contribution in [0.1, 0.15) is 17.0 Å². The number of nitrogens with one attached hydrogen (secondary N) is 1. The zero-order chi connectivity index (χ0) is 19.8. The summed E-state index contributed by atoms with van der Waals surface area (Å²) >= 11 is 0. The van der Waals surface area contributed by atoms with E-state index in [2.05, 4.69) is 71.9 Å². The second-order valence-electron chi connectivity index (χ2n) is 7.14. The third-order valence-corrected chi connectivity index (χ3v) is 5.11. The number of hydrogen-bond donors (Lipinski definition) is 1. The van der Waals surface area contributed by atoms with Crippen molar-refractivity contribution in [2.45, 2.75) is 20.5 Å². The summed E-state index contributed by atoms with van der Waals surface area (Å²) in [4.78, 5) is 0. The first-order chi connectivity index (χ1) is 14.2. The molecule has 0 spiro atoms. The van der Waals surface area contributed by atoms with Crippen LogP contribution in [-0.4, -0.2) is 19.3 Å². The normalized spacial score (nSPS) is 11.2. The van der Waals surface area contributed by atoms with E-state index in [-0.39, 0.29) is 0 Å². The van der Waals surface area contributed by atoms with Crippen LogP contribution in [0.4, 0.5) is 5.82 Å². The average molecular weight is 383 g/mol. The topological polar surface area (TPSA) is 56.4 Å². The van der Waals surface area contributed by atoms with Crippen LogP contribution in [-0.2, 0) is 6.61 Å². The van der Waals surface area contributed by atoms with E-state index >= 15 is 0 Å². The van der Waals surface area contributed by atoms with Gasteiger partial charge in [0, 0.05) is 16.8 Å². The molecule has 0 atom stereocenters. The van der Waals surface area contributed by atoms with Gasteiger partial charge < -0.3 is 4.74 Å². The summed E-state index contributed by atoms with van der Waals surface area (Å²) in [6.07, 6.45) is 1.74. The minimum atomic E-state index is 0.543. The predicted octanol–water partition coefficient (Wildman–Crippen LogP) is 4.76. The molecule has 0 unspecified atom stereocenters. The molecule has 3 heterocycles. The van der Waals surface area contributed by atoms with E-state index in [1.165, 1.54) is 0 Å². The standard InChI is InChI=1S/C23H21N5O/c1-16-8-9-17(2)28(16)26-23-22-13-19-12-20(29-14-18-6-4-3-5-7-18)10-11-21(19)27(22)15-24-25-23/h3-13,15H,14H2,1-2H3,(H,25,26). The van der Waals surface area contributed by atoms with Crippen molar-refractivity contribution in [3.63, 3.8) is 0 Å². The van der Waals surface area contributed by atoms with Gasteiger partial charge >= 0.3 is 0 Å². The lowest BCUT2D eigenvalue weighted by molar-refractivity contribution is 0.306. The van der Waals surface area contributed by atoms with Crippen molar-refractivity contribution >= 4 is 22.2 Å². The van der Waals surface area contributed by atoms with E-state index in [9.17, 15) is 0 Å². The van der Waals surface area contributed by atoms with Gasteiger partial charge in [0.2, 0.25) is 0 Å². The Morgan fingerprint density at radius 2 is 1.69 bits per heavy atom. The van der Waals surface area contributed by atoms with Gasteiger partial charge in [-0.1, -0.05) is 30.3 Å². The number of aryl methyl sites for hydroxylation is 2. The van der Waals surface area contributed by atoms with Crippen molar-refractivity contribution in [1.29, 1.82) is 0 Å². The highest BCUT2D eigenvalue weighted by Crippen LogP contribution is 2.28. The zero-order valence-electron chi connectivity index (χ0n) is 16.3. The van der Waals surface area contributed by atoms with Gasteiger partial charge in [0.1, 0.15) is 18.7 Å². The number of fused-ring (bicyclic) bond motifs is 3. The maximum atomic E-state index is 5.98. The molecule has 0 aliphatic rings. The minimum Gasteiger partial charge on any atom is -0.489 e. The van der Waals surface area contributed by atoms with Gasteiger partial charge in [-0.2, -0.15) is 0 Å². The molecular formula is C23H21N5O. The van der Waals surface area contributed by atoms with Gasteiger partial charge in [0.15, 0.2) is 5.82 Å². The molecule has 0 amide bonds. The second-order valence-corrected chi connectivity index (χ2v) is 7.14. The molecule has 5 aromatic rings. The summed E-state index contributed by atoms with van der Waals surface area (Å²) in [6, 6.07) is 22.5. The summed E-state index contributed by atoms with van der Waals surface area (Å²) in [5.41, 5.74) is 8.76. The van der Waals surface area contributed by atoms with Gasteiger partial charge in [0.05, 0.1) is 11.0 Å². The molecule has 0 aliphatic carbocycles. The van der Waals surface area contributed by atoms with Crippen LogP contribution in [0.5, 0.6) is 5.75 Å². The maximum absolute atomic E-state index is 5.98. The third-order valence-electron chi connectivity index (χ3n) is 5.11. The molecule has 29 heavy (non-hydrogen) atoms. The molecule has 0 saturated carbocycles. The van der Waals surface area contributed by atoms with Crippen LogP contribution in [0, 0.1) is 13.8 Å². The molecule has 1 N–H and O–H groups in total. The van der Waals surface area contributed by atoms with E-state index in [0.29, 0.717) is 12.4 Å². The molecule has 0 fully saturated rings. The number of rotatable bonds is 5. The quantitative estimate of drug-likeness (QED) is 0.476. The molecule has 144 valence electrons. The highest BCUT2D eigenvalue weighted by Gasteiger charge is 2.11. The Labute approximate surface area is 168 Å². The van der Waals surface area contributed by atoms with E-state index in [4.69, 9.17) is 4.74 Å². The minimum absolute atomic E-state index is 0.543. The van der Waals surface area contributed by atoms with Gasteiger partial charge in [-0.3, -0.25) is 14.5 Å².